The second-order valence-corrected chi connectivity index (χ2v) is 19.6. The van der Waals surface area contributed by atoms with Gasteiger partial charge in [0.15, 0.2) is 18.3 Å². The number of amides is 4. The van der Waals surface area contributed by atoms with Crippen LogP contribution in [-0.2, 0) is 44.5 Å². The number of likely N-dealkylation sites (N-methyl/N-ethyl adjacent to an activating group) is 1. The van der Waals surface area contributed by atoms with Gasteiger partial charge >= 0.3 is 12.1 Å². The third-order valence-electron chi connectivity index (χ3n) is 13.5. The molecule has 6 rings (SSSR count). The van der Waals surface area contributed by atoms with Gasteiger partial charge in [-0.05, 0) is 63.1 Å². The maximum atomic E-state index is 14.3. The highest BCUT2D eigenvalue weighted by Gasteiger charge is 2.64. The first-order valence-corrected chi connectivity index (χ1v) is 24.3. The number of piperazine rings is 1. The number of halogens is 1. The molecule has 3 saturated heterocycles. The molecule has 0 aliphatic carbocycles. The number of rotatable bonds is 13. The van der Waals surface area contributed by atoms with E-state index in [1.54, 1.807) is 68.3 Å². The van der Waals surface area contributed by atoms with Gasteiger partial charge in [-0.1, -0.05) is 42.3 Å². The van der Waals surface area contributed by atoms with Gasteiger partial charge in [-0.25, -0.2) is 9.59 Å². The average Bonchev–Trinajstić information content (AvgIpc) is 4.04. The number of carbonyl (C=O) groups is 7. The topological polar surface area (TPSA) is 214 Å². The minimum absolute atomic E-state index is 0.0302. The van der Waals surface area contributed by atoms with E-state index in [2.05, 4.69) is 5.32 Å². The van der Waals surface area contributed by atoms with Gasteiger partial charge in [0, 0.05) is 88.7 Å². The van der Waals surface area contributed by atoms with Crippen LogP contribution in [0.15, 0.2) is 54.1 Å². The first-order chi connectivity index (χ1) is 32.8. The Balaban J connectivity index is 1.12. The van der Waals surface area contributed by atoms with Crippen molar-refractivity contribution in [3.05, 3.63) is 75.8 Å². The van der Waals surface area contributed by atoms with E-state index in [0.29, 0.717) is 73.5 Å². The molecule has 0 saturated carbocycles. The summed E-state index contributed by atoms with van der Waals surface area (Å²) in [6.07, 6.45) is 1.85. The summed E-state index contributed by atoms with van der Waals surface area (Å²) < 4.78 is 29.4. The highest BCUT2D eigenvalue weighted by Crippen LogP contribution is 2.49. The zero-order valence-electron chi connectivity index (χ0n) is 40.2. The number of methoxy groups -OCH3 is 2. The molecule has 2 aromatic rings. The average molecular weight is 997 g/mol. The fourth-order valence-electron chi connectivity index (χ4n) is 8.99. The van der Waals surface area contributed by atoms with Crippen molar-refractivity contribution >= 4 is 77.1 Å². The van der Waals surface area contributed by atoms with Gasteiger partial charge < -0.3 is 48.4 Å². The van der Waals surface area contributed by atoms with Crippen molar-refractivity contribution in [2.75, 3.05) is 75.8 Å². The molecule has 6 unspecified atom stereocenters. The molecule has 0 aromatic heterocycles. The summed E-state index contributed by atoms with van der Waals surface area (Å²) in [5, 5.41) is 14.5. The fraction of sp³-hybridized carbons (Fsp3) is 0.531. The molecule has 20 heteroatoms. The molecular weight excluding hydrogens is 934 g/mol. The minimum atomic E-state index is -1.87. The van der Waals surface area contributed by atoms with Crippen molar-refractivity contribution in [2.45, 2.75) is 95.2 Å². The van der Waals surface area contributed by atoms with Crippen LogP contribution in [0.1, 0.15) is 73.2 Å². The van der Waals surface area contributed by atoms with E-state index in [-0.39, 0.29) is 41.9 Å². The lowest BCUT2D eigenvalue weighted by Crippen LogP contribution is -2.63. The Morgan fingerprint density at radius 3 is 2.46 bits per heavy atom. The van der Waals surface area contributed by atoms with E-state index in [9.17, 15) is 38.7 Å². The summed E-state index contributed by atoms with van der Waals surface area (Å²) in [5.74, 6) is -1.48. The van der Waals surface area contributed by atoms with Crippen molar-refractivity contribution in [3.63, 3.8) is 0 Å². The molecule has 2 N–H and O–H groups in total. The third-order valence-corrected chi connectivity index (χ3v) is 14.9. The minimum Gasteiger partial charge on any atom is -0.495 e. The largest absolute Gasteiger partial charge is 0.495 e. The van der Waals surface area contributed by atoms with E-state index < -0.39 is 65.7 Å². The Hall–Kier alpha value is -5.47. The van der Waals surface area contributed by atoms with Crippen LogP contribution in [0.4, 0.5) is 16.2 Å². The molecule has 4 bridgehead atoms. The highest BCUT2D eigenvalue weighted by molar-refractivity contribution is 7.99. The predicted molar refractivity (Wildman–Crippen MR) is 259 cm³/mol. The number of aldehydes is 2. The fourth-order valence-corrected chi connectivity index (χ4v) is 10.1. The summed E-state index contributed by atoms with van der Waals surface area (Å²) in [6.45, 7) is 8.92. The molecule has 4 heterocycles. The van der Waals surface area contributed by atoms with Crippen molar-refractivity contribution < 1.29 is 62.4 Å². The van der Waals surface area contributed by atoms with E-state index in [4.69, 9.17) is 35.3 Å². The van der Waals surface area contributed by atoms with Gasteiger partial charge in [-0.15, -0.1) is 0 Å². The summed E-state index contributed by atoms with van der Waals surface area (Å²) in [7, 11) is 5.93. The number of nitrogens with zero attached hydrogens (tertiary/aromatic N) is 4. The second-order valence-electron chi connectivity index (χ2n) is 18.1. The lowest BCUT2D eigenvalue weighted by atomic mass is 9.83. The normalized spacial score (nSPS) is 27.9. The number of alkyl carbamates (subject to hydrolysis) is 1. The number of hydrogen-bond donors (Lipinski definition) is 2. The number of carbonyl (C=O) groups excluding carboxylic acids is 7. The van der Waals surface area contributed by atoms with E-state index in [0.717, 1.165) is 16.8 Å². The summed E-state index contributed by atoms with van der Waals surface area (Å²) in [4.78, 5) is 97.0. The van der Waals surface area contributed by atoms with Crippen LogP contribution in [0.25, 0.3) is 0 Å². The van der Waals surface area contributed by atoms with E-state index in [1.165, 1.54) is 49.8 Å². The molecule has 0 spiro atoms. The maximum Gasteiger partial charge on any atom is 0.409 e. The number of benzene rings is 2. The predicted octanol–water partition coefficient (Wildman–Crippen LogP) is 4.61. The van der Waals surface area contributed by atoms with Gasteiger partial charge in [0.05, 0.1) is 31.1 Å². The summed E-state index contributed by atoms with van der Waals surface area (Å²) in [6, 6.07) is 7.52. The molecule has 2 aromatic carbocycles. The molecule has 8 atom stereocenters. The third kappa shape index (κ3) is 12.1. The Morgan fingerprint density at radius 1 is 1.09 bits per heavy atom. The number of ether oxygens (including phenoxy) is 5. The number of fused-ring (bicyclic) bond motifs is 5. The number of thioether (sulfide) groups is 1. The lowest BCUT2D eigenvalue weighted by molar-refractivity contribution is -0.162. The number of esters is 1. The van der Waals surface area contributed by atoms with Crippen LogP contribution < -0.4 is 19.9 Å². The number of allylic oxidation sites excluding steroid dienone is 3. The standard InChI is InChI=1S/C49H62ClN5O13S/c1-29-10-9-11-39(65-8)49(63)25-38(66-47(62)51-49)30(2)45-48(4,68-45)40(24-42(59)53(6)36-21-32(20-29)22-37(64-7)44(36)50)67-46(61)31(3)52(5)41(58)14-19-69-28-43(60)55-17-15-54(16-18-55)35-13-12-33(26-56)34(23-35)27-57/h9-13,21-23,26-27,30-31,38-40,45,63H,14-20,24-25,28H2,1-8H3,(H,51,62)/b11-9+,29-10+/t30?,31-,38?,39?,40-,45?,48?,49?/m0/s1. The molecule has 3 fully saturated rings. The Kier molecular flexibility index (Phi) is 17.3. The molecule has 0 radical (unpaired) electrons. The molecular formula is C49H62ClN5O13S. The first-order valence-electron chi connectivity index (χ1n) is 22.8. The number of aliphatic hydroxyl groups is 1. The van der Waals surface area contributed by atoms with Crippen LogP contribution in [-0.4, -0.2) is 165 Å². The number of anilines is 2. The maximum absolute atomic E-state index is 14.3. The van der Waals surface area contributed by atoms with Crippen molar-refractivity contribution in [1.82, 2.24) is 15.1 Å². The molecule has 4 aliphatic heterocycles. The Bertz CT molecular complexity index is 2360. The zero-order chi connectivity index (χ0) is 50.4. The number of nitrogens with one attached hydrogen (secondary N) is 1. The first kappa shape index (κ1) is 52.9. The van der Waals surface area contributed by atoms with Gasteiger partial charge in [0.25, 0.3) is 0 Å². The van der Waals surface area contributed by atoms with Gasteiger partial charge in [0.2, 0.25) is 17.7 Å². The lowest BCUT2D eigenvalue weighted by Gasteiger charge is -2.42. The second kappa shape index (κ2) is 22.5. The number of hydrogen-bond acceptors (Lipinski definition) is 15. The van der Waals surface area contributed by atoms with Crippen molar-refractivity contribution in [3.8, 4) is 5.75 Å². The van der Waals surface area contributed by atoms with Crippen LogP contribution in [0.3, 0.4) is 0 Å². The summed E-state index contributed by atoms with van der Waals surface area (Å²) in [5.41, 5.74) is 0.313. The zero-order valence-corrected chi connectivity index (χ0v) is 41.8. The monoisotopic (exact) mass is 995 g/mol. The molecule has 4 amide bonds. The SMILES string of the molecule is COc1cc2cc(c1Cl)N(C)C(=O)C[C@H](OC(=O)[C@H](C)N(C)C(=O)CCSCC(=O)N1CCN(c3ccc(C=O)c(C=O)c3)CC1)C1(C)OC1C(C)C1CC(O)(NC(=O)O1)C(OC)/C=C/C=C(\C)C2. The molecule has 4 aliphatic rings. The highest BCUT2D eigenvalue weighted by atomic mass is 35.5. The van der Waals surface area contributed by atoms with Crippen molar-refractivity contribution in [2.24, 2.45) is 5.92 Å². The Labute approximate surface area is 411 Å². The van der Waals surface area contributed by atoms with E-state index in [1.807, 2.05) is 17.9 Å². The van der Waals surface area contributed by atoms with Gasteiger partial charge in [-0.2, -0.15) is 11.8 Å². The van der Waals surface area contributed by atoms with Crippen molar-refractivity contribution in [1.29, 1.82) is 0 Å². The van der Waals surface area contributed by atoms with E-state index >= 15 is 0 Å². The van der Waals surface area contributed by atoms with Gasteiger partial charge in [-0.3, -0.25) is 29.3 Å². The smallest absolute Gasteiger partial charge is 0.409 e. The van der Waals surface area contributed by atoms with Crippen LogP contribution in [0.5, 0.6) is 5.75 Å². The molecule has 69 heavy (non-hydrogen) atoms. The molecule has 374 valence electrons. The van der Waals surface area contributed by atoms with Gasteiger partial charge in [0.1, 0.15) is 40.7 Å². The van der Waals surface area contributed by atoms with Crippen LogP contribution in [0.2, 0.25) is 5.02 Å². The van der Waals surface area contributed by atoms with Crippen LogP contribution >= 0.6 is 23.4 Å². The molecule has 18 nitrogen and oxygen atoms in total. The number of epoxide rings is 1. The van der Waals surface area contributed by atoms with Crippen LogP contribution in [0, 0.1) is 5.92 Å². The quantitative estimate of drug-likeness (QED) is 0.121. The Morgan fingerprint density at radius 2 is 1.80 bits per heavy atom. The summed E-state index contributed by atoms with van der Waals surface area (Å²) >= 11 is 8.11.